The van der Waals surface area contributed by atoms with E-state index >= 15 is 0 Å². The van der Waals surface area contributed by atoms with E-state index in [1.807, 2.05) is 36.5 Å². The van der Waals surface area contributed by atoms with Gasteiger partial charge in [-0.15, -0.1) is 0 Å². The lowest BCUT2D eigenvalue weighted by molar-refractivity contribution is -0.164. The van der Waals surface area contributed by atoms with Gasteiger partial charge in [-0.1, -0.05) is 45.4 Å². The fourth-order valence-electron chi connectivity index (χ4n) is 9.86. The predicted molar refractivity (Wildman–Crippen MR) is 216 cm³/mol. The molecule has 4 aromatic rings. The fourth-order valence-corrected chi connectivity index (χ4v) is 10.1. The fraction of sp³-hybridized carbons (Fsp3) is 0.500. The van der Waals surface area contributed by atoms with Gasteiger partial charge in [0.1, 0.15) is 23.7 Å². The zero-order chi connectivity index (χ0) is 40.1. The molecule has 4 amide bonds. The Balaban J connectivity index is 0.800. The maximum absolute atomic E-state index is 13.5. The summed E-state index contributed by atoms with van der Waals surface area (Å²) in [5, 5.41) is 20.8. The first kappa shape index (κ1) is 38.6. The van der Waals surface area contributed by atoms with Crippen LogP contribution in [0.25, 0.3) is 10.9 Å². The van der Waals surface area contributed by atoms with Crippen molar-refractivity contribution in [2.75, 3.05) is 49.1 Å². The normalized spacial score (nSPS) is 22.8. The highest BCUT2D eigenvalue weighted by molar-refractivity contribution is 6.31. The SMILES string of the molecule is CC1(C)C(NC(=O)c2ccc(N3CCC(CN4CCC(n5ncc6c(N7CCC(=O)NC7=O)cccc65)CC4)CC3)nc2)C(C)(C)C1Oc1cnc(C#N)c(Cl)c1. The van der Waals surface area contributed by atoms with Gasteiger partial charge in [0.25, 0.3) is 5.91 Å². The number of urea groups is 1. The van der Waals surface area contributed by atoms with Gasteiger partial charge in [0, 0.05) is 80.2 Å². The van der Waals surface area contributed by atoms with Gasteiger partial charge in [0.15, 0.2) is 5.69 Å². The zero-order valence-electron chi connectivity index (χ0n) is 32.9. The third-order valence-electron chi connectivity index (χ3n) is 12.6. The molecule has 2 N–H and O–H groups in total. The molecule has 15 heteroatoms. The summed E-state index contributed by atoms with van der Waals surface area (Å²) in [5.74, 6) is 1.59. The standard InChI is InChI=1S/C42H49ClN10O4/c1-41(2)38(42(3,4)39(41)57-29-20-31(43)32(21-44)45-23-29)49-37(55)27-8-9-35(46-22-27)51-17-10-26(11-18-51)25-50-15-12-28(13-16-50)53-34-7-5-6-33(30(34)24-47-53)52-19-14-36(54)48-40(52)56/h5-9,20,22-24,26,28,38-39H,10-19,25H2,1-4H3,(H,49,55)(H,48,54,56). The minimum atomic E-state index is -0.383. The van der Waals surface area contributed by atoms with Crippen LogP contribution in [-0.4, -0.2) is 93.9 Å². The van der Waals surface area contributed by atoms with Crippen molar-refractivity contribution >= 4 is 51.9 Å². The number of hydrogen-bond donors (Lipinski definition) is 2. The van der Waals surface area contributed by atoms with Crippen molar-refractivity contribution in [3.63, 3.8) is 0 Å². The molecule has 1 aliphatic carbocycles. The lowest BCUT2D eigenvalue weighted by atomic mass is 9.49. The number of piperidine rings is 2. The molecule has 57 heavy (non-hydrogen) atoms. The van der Waals surface area contributed by atoms with Crippen LogP contribution in [0, 0.1) is 28.1 Å². The predicted octanol–water partition coefficient (Wildman–Crippen LogP) is 5.96. The van der Waals surface area contributed by atoms with E-state index in [-0.39, 0.29) is 58.0 Å². The number of nitrogens with zero attached hydrogens (tertiary/aromatic N) is 8. The molecule has 3 aromatic heterocycles. The molecule has 0 radical (unpaired) electrons. The van der Waals surface area contributed by atoms with Crippen molar-refractivity contribution in [2.24, 2.45) is 16.7 Å². The van der Waals surface area contributed by atoms with Gasteiger partial charge in [-0.2, -0.15) is 10.4 Å². The molecule has 0 bridgehead atoms. The van der Waals surface area contributed by atoms with E-state index in [2.05, 4.69) is 63.9 Å². The van der Waals surface area contributed by atoms with Crippen LogP contribution >= 0.6 is 11.6 Å². The first-order valence-electron chi connectivity index (χ1n) is 19.9. The number of halogens is 1. The maximum Gasteiger partial charge on any atom is 0.328 e. The van der Waals surface area contributed by atoms with E-state index in [0.717, 1.165) is 80.8 Å². The van der Waals surface area contributed by atoms with Crippen molar-refractivity contribution in [1.82, 2.24) is 35.3 Å². The molecular formula is C42H49ClN10O4. The number of ether oxygens (including phenoxy) is 1. The minimum absolute atomic E-state index is 0.153. The summed E-state index contributed by atoms with van der Waals surface area (Å²) in [6.07, 6.45) is 9.31. The summed E-state index contributed by atoms with van der Waals surface area (Å²) in [4.78, 5) is 53.1. The number of aromatic nitrogens is 4. The van der Waals surface area contributed by atoms with Crippen molar-refractivity contribution in [2.45, 2.75) is 78.0 Å². The number of anilines is 2. The number of hydrogen-bond acceptors (Lipinski definition) is 10. The number of nitrogens with one attached hydrogen (secondary N) is 2. The molecule has 4 aliphatic rings. The van der Waals surface area contributed by atoms with E-state index in [4.69, 9.17) is 31.7 Å². The molecule has 4 fully saturated rings. The average Bonchev–Trinajstić information content (AvgIpc) is 3.64. The summed E-state index contributed by atoms with van der Waals surface area (Å²) in [6, 6.07) is 13.1. The van der Waals surface area contributed by atoms with E-state index in [0.29, 0.717) is 29.8 Å². The second-order valence-corrected chi connectivity index (χ2v) is 17.5. The van der Waals surface area contributed by atoms with Crippen LogP contribution < -0.4 is 25.2 Å². The van der Waals surface area contributed by atoms with E-state index < -0.39 is 0 Å². The number of fused-ring (bicyclic) bond motifs is 1. The summed E-state index contributed by atoms with van der Waals surface area (Å²) < 4.78 is 8.44. The number of carbonyl (C=O) groups excluding carboxylic acids is 3. The first-order chi connectivity index (χ1) is 27.3. The first-order valence-corrected chi connectivity index (χ1v) is 20.3. The lowest BCUT2D eigenvalue weighted by Gasteiger charge is -2.63. The van der Waals surface area contributed by atoms with Crippen LogP contribution in [0.3, 0.4) is 0 Å². The molecule has 6 heterocycles. The lowest BCUT2D eigenvalue weighted by Crippen LogP contribution is -2.74. The van der Waals surface area contributed by atoms with Crippen molar-refractivity contribution < 1.29 is 19.1 Å². The van der Waals surface area contributed by atoms with Crippen LogP contribution in [0.1, 0.15) is 81.9 Å². The number of pyridine rings is 2. The summed E-state index contributed by atoms with van der Waals surface area (Å²) in [7, 11) is 0. The van der Waals surface area contributed by atoms with Crippen LogP contribution in [-0.2, 0) is 4.79 Å². The summed E-state index contributed by atoms with van der Waals surface area (Å²) >= 11 is 6.19. The van der Waals surface area contributed by atoms with Crippen molar-refractivity contribution in [3.05, 3.63) is 71.3 Å². The minimum Gasteiger partial charge on any atom is -0.487 e. The Labute approximate surface area is 337 Å². The molecule has 1 saturated carbocycles. The van der Waals surface area contributed by atoms with Crippen molar-refractivity contribution in [1.29, 1.82) is 5.26 Å². The monoisotopic (exact) mass is 792 g/mol. The van der Waals surface area contributed by atoms with Gasteiger partial charge >= 0.3 is 6.03 Å². The Morgan fingerprint density at radius 1 is 0.982 bits per heavy atom. The Morgan fingerprint density at radius 2 is 1.74 bits per heavy atom. The van der Waals surface area contributed by atoms with Gasteiger partial charge in [0.05, 0.1) is 40.2 Å². The molecule has 0 atom stereocenters. The van der Waals surface area contributed by atoms with Gasteiger partial charge < -0.3 is 19.9 Å². The molecule has 14 nitrogen and oxygen atoms in total. The van der Waals surface area contributed by atoms with E-state index in [1.54, 1.807) is 17.2 Å². The topological polar surface area (TPSA) is 162 Å². The quantitative estimate of drug-likeness (QED) is 0.207. The van der Waals surface area contributed by atoms with Crippen LogP contribution in [0.5, 0.6) is 5.75 Å². The number of amides is 4. The number of benzene rings is 1. The number of likely N-dealkylation sites (tertiary alicyclic amines) is 1. The number of rotatable bonds is 9. The molecule has 298 valence electrons. The third-order valence-corrected chi connectivity index (χ3v) is 12.9. The molecule has 0 unspecified atom stereocenters. The van der Waals surface area contributed by atoms with Crippen LogP contribution in [0.4, 0.5) is 16.3 Å². The highest BCUT2D eigenvalue weighted by atomic mass is 35.5. The second kappa shape index (κ2) is 15.2. The molecule has 3 saturated heterocycles. The molecule has 3 aliphatic heterocycles. The molecule has 0 spiro atoms. The second-order valence-electron chi connectivity index (χ2n) is 17.1. The third kappa shape index (κ3) is 7.39. The van der Waals surface area contributed by atoms with Gasteiger partial charge in [0.2, 0.25) is 5.91 Å². The molecule has 8 rings (SSSR count). The van der Waals surface area contributed by atoms with Crippen molar-refractivity contribution in [3.8, 4) is 11.8 Å². The van der Waals surface area contributed by atoms with Crippen LogP contribution in [0.2, 0.25) is 5.02 Å². The average molecular weight is 793 g/mol. The Bertz CT molecular complexity index is 2200. The summed E-state index contributed by atoms with van der Waals surface area (Å²) in [6.45, 7) is 13.6. The highest BCUT2D eigenvalue weighted by Crippen LogP contribution is 2.55. The number of carbonyl (C=O) groups is 3. The van der Waals surface area contributed by atoms with Gasteiger partial charge in [-0.05, 0) is 55.9 Å². The van der Waals surface area contributed by atoms with E-state index in [9.17, 15) is 14.4 Å². The van der Waals surface area contributed by atoms with Crippen LogP contribution in [0.15, 0.2) is 55.0 Å². The number of imide groups is 1. The Kier molecular flexibility index (Phi) is 10.3. The summed E-state index contributed by atoms with van der Waals surface area (Å²) in [5.41, 5.74) is 1.71. The molecule has 1 aromatic carbocycles. The smallest absolute Gasteiger partial charge is 0.328 e. The zero-order valence-corrected chi connectivity index (χ0v) is 33.6. The highest BCUT2D eigenvalue weighted by Gasteiger charge is 2.64. The molecular weight excluding hydrogens is 744 g/mol. The Hall–Kier alpha value is -5.26. The van der Waals surface area contributed by atoms with Gasteiger partial charge in [-0.25, -0.2) is 14.8 Å². The maximum atomic E-state index is 13.5. The number of nitriles is 1. The van der Waals surface area contributed by atoms with Gasteiger partial charge in [-0.3, -0.25) is 24.5 Å². The largest absolute Gasteiger partial charge is 0.487 e. The Morgan fingerprint density at radius 3 is 2.40 bits per heavy atom. The van der Waals surface area contributed by atoms with E-state index in [1.165, 1.54) is 6.20 Å².